The second kappa shape index (κ2) is 2.50. The van der Waals surface area contributed by atoms with Crippen LogP contribution in [0, 0.1) is 6.92 Å². The number of aromatic amines is 1. The molecular weight excluding hydrogens is 192 g/mol. The fourth-order valence-corrected chi connectivity index (χ4v) is 1.98. The highest BCUT2D eigenvalue weighted by molar-refractivity contribution is 5.80. The van der Waals surface area contributed by atoms with E-state index in [1.54, 1.807) is 12.4 Å². The minimum atomic E-state index is -0.0353. The summed E-state index contributed by atoms with van der Waals surface area (Å²) in [6.07, 6.45) is 5.21. The number of nitrogens with zero attached hydrogens (tertiary/aromatic N) is 3. The Morgan fingerprint density at radius 3 is 3.07 bits per heavy atom. The molecule has 0 unspecified atom stereocenters. The van der Waals surface area contributed by atoms with E-state index in [4.69, 9.17) is 0 Å². The summed E-state index contributed by atoms with van der Waals surface area (Å²) in [4.78, 5) is 19.3. The topological polar surface area (TPSA) is 55.1 Å². The minimum Gasteiger partial charge on any atom is -0.345 e. The van der Waals surface area contributed by atoms with Gasteiger partial charge in [0.1, 0.15) is 5.52 Å². The summed E-state index contributed by atoms with van der Waals surface area (Å²) in [6, 6.07) is 0. The fraction of sp³-hybridized carbons (Fsp3) is 0.200. The first kappa shape index (κ1) is 8.28. The number of imidazole rings is 1. The zero-order chi connectivity index (χ0) is 10.6. The van der Waals surface area contributed by atoms with Crippen LogP contribution in [-0.4, -0.2) is 18.9 Å². The van der Waals surface area contributed by atoms with Crippen molar-refractivity contribution in [3.8, 4) is 0 Å². The lowest BCUT2D eigenvalue weighted by Gasteiger charge is -1.97. The summed E-state index contributed by atoms with van der Waals surface area (Å²) in [5, 5.41) is 0. The van der Waals surface area contributed by atoms with Gasteiger partial charge in [-0.15, -0.1) is 0 Å². The van der Waals surface area contributed by atoms with E-state index in [1.807, 2.05) is 24.7 Å². The average Bonchev–Trinajstić information content (AvgIpc) is 2.73. The molecule has 3 rings (SSSR count). The zero-order valence-electron chi connectivity index (χ0n) is 8.48. The molecule has 0 atom stereocenters. The summed E-state index contributed by atoms with van der Waals surface area (Å²) in [5.41, 5.74) is 2.56. The Labute approximate surface area is 85.0 Å². The lowest BCUT2D eigenvalue weighted by Crippen LogP contribution is -2.15. The van der Waals surface area contributed by atoms with E-state index in [-0.39, 0.29) is 5.56 Å². The molecule has 3 aromatic heterocycles. The van der Waals surface area contributed by atoms with Crippen LogP contribution in [-0.2, 0) is 7.05 Å². The summed E-state index contributed by atoms with van der Waals surface area (Å²) in [6.45, 7) is 1.97. The van der Waals surface area contributed by atoms with Gasteiger partial charge in [-0.25, -0.2) is 4.98 Å². The largest absolute Gasteiger partial charge is 0.345 e. The van der Waals surface area contributed by atoms with Crippen molar-refractivity contribution in [3.05, 3.63) is 34.5 Å². The molecule has 76 valence electrons. The quantitative estimate of drug-likeness (QED) is 0.586. The first-order valence-electron chi connectivity index (χ1n) is 4.69. The van der Waals surface area contributed by atoms with Crippen molar-refractivity contribution in [2.45, 2.75) is 6.92 Å². The number of aromatic nitrogens is 4. The molecule has 0 aliphatic carbocycles. The maximum Gasteiger partial charge on any atom is 0.283 e. The van der Waals surface area contributed by atoms with Gasteiger partial charge in [-0.05, 0) is 12.5 Å². The molecule has 0 saturated carbocycles. The number of fused-ring (bicyclic) bond motifs is 2. The highest BCUT2D eigenvalue weighted by Gasteiger charge is 2.10. The minimum absolute atomic E-state index is 0.0353. The molecule has 3 heterocycles. The Kier molecular flexibility index (Phi) is 1.38. The highest BCUT2D eigenvalue weighted by atomic mass is 16.1. The molecule has 1 N–H and O–H groups in total. The predicted molar refractivity (Wildman–Crippen MR) is 57.0 cm³/mol. The molecule has 0 radical (unpaired) electrons. The van der Waals surface area contributed by atoms with Crippen molar-refractivity contribution < 1.29 is 0 Å². The van der Waals surface area contributed by atoms with Crippen LogP contribution in [0.4, 0.5) is 0 Å². The molecule has 5 nitrogen and oxygen atoms in total. The molecule has 0 aromatic carbocycles. The molecule has 0 aliphatic heterocycles. The standard InChI is InChI=1S/C10H10N4O/c1-6-5-13(2)8-7(6)12-10-11-3-4-14(10)9(8)15/h3-5H,1-2H3,(H,11,12). The summed E-state index contributed by atoms with van der Waals surface area (Å²) >= 11 is 0. The van der Waals surface area contributed by atoms with Crippen LogP contribution in [0.25, 0.3) is 16.8 Å². The Hall–Kier alpha value is -2.04. The van der Waals surface area contributed by atoms with Crippen LogP contribution in [0.5, 0.6) is 0 Å². The zero-order valence-corrected chi connectivity index (χ0v) is 8.48. The van der Waals surface area contributed by atoms with Crippen molar-refractivity contribution in [1.82, 2.24) is 18.9 Å². The Bertz CT molecular complexity index is 716. The third-order valence-corrected chi connectivity index (χ3v) is 2.67. The van der Waals surface area contributed by atoms with Crippen LogP contribution in [0.1, 0.15) is 5.56 Å². The molecular formula is C10H10N4O. The van der Waals surface area contributed by atoms with Gasteiger partial charge < -0.3 is 9.55 Å². The van der Waals surface area contributed by atoms with Gasteiger partial charge in [-0.2, -0.15) is 0 Å². The number of H-pyrrole nitrogens is 1. The van der Waals surface area contributed by atoms with E-state index < -0.39 is 0 Å². The maximum absolute atomic E-state index is 12.1. The second-order valence-corrected chi connectivity index (χ2v) is 3.70. The predicted octanol–water partition coefficient (Wildman–Crippen LogP) is 0.823. The van der Waals surface area contributed by atoms with Gasteiger partial charge in [-0.1, -0.05) is 0 Å². The molecule has 0 saturated heterocycles. The van der Waals surface area contributed by atoms with Crippen molar-refractivity contribution in [3.63, 3.8) is 0 Å². The number of hydrogen-bond donors (Lipinski definition) is 1. The molecule has 0 fully saturated rings. The van der Waals surface area contributed by atoms with Gasteiger partial charge in [0.2, 0.25) is 5.78 Å². The fourth-order valence-electron chi connectivity index (χ4n) is 1.98. The van der Waals surface area contributed by atoms with Crippen LogP contribution in [0.2, 0.25) is 0 Å². The van der Waals surface area contributed by atoms with Crippen LogP contribution >= 0.6 is 0 Å². The summed E-state index contributed by atoms with van der Waals surface area (Å²) in [5.74, 6) is 0.585. The average molecular weight is 202 g/mol. The Morgan fingerprint density at radius 1 is 1.47 bits per heavy atom. The number of nitrogens with one attached hydrogen (secondary N) is 1. The number of hydrogen-bond acceptors (Lipinski definition) is 2. The third kappa shape index (κ3) is 0.918. The lowest BCUT2D eigenvalue weighted by molar-refractivity contribution is 0.943. The van der Waals surface area contributed by atoms with Crippen molar-refractivity contribution >= 4 is 16.8 Å². The Balaban J connectivity index is 2.72. The third-order valence-electron chi connectivity index (χ3n) is 2.67. The van der Waals surface area contributed by atoms with Gasteiger partial charge in [0, 0.05) is 25.6 Å². The monoisotopic (exact) mass is 202 g/mol. The van der Waals surface area contributed by atoms with E-state index in [2.05, 4.69) is 9.97 Å². The molecule has 3 aromatic rings. The SMILES string of the molecule is Cc1cn(C)c2c(=O)n3ccnc3[nH]c12. The first-order valence-corrected chi connectivity index (χ1v) is 4.69. The first-order chi connectivity index (χ1) is 7.18. The maximum atomic E-state index is 12.1. The van der Waals surface area contributed by atoms with Crippen LogP contribution < -0.4 is 5.56 Å². The second-order valence-electron chi connectivity index (χ2n) is 3.70. The molecule has 0 amide bonds. The smallest absolute Gasteiger partial charge is 0.283 e. The molecule has 0 spiro atoms. The van der Waals surface area contributed by atoms with Crippen molar-refractivity contribution in [1.29, 1.82) is 0 Å². The highest BCUT2D eigenvalue weighted by Crippen LogP contribution is 2.14. The molecule has 0 aliphatic rings. The number of aryl methyl sites for hydroxylation is 2. The molecule has 0 bridgehead atoms. The Morgan fingerprint density at radius 2 is 2.27 bits per heavy atom. The van der Waals surface area contributed by atoms with E-state index in [1.165, 1.54) is 4.40 Å². The van der Waals surface area contributed by atoms with Gasteiger partial charge in [-0.3, -0.25) is 9.20 Å². The van der Waals surface area contributed by atoms with Crippen molar-refractivity contribution in [2.24, 2.45) is 7.05 Å². The van der Waals surface area contributed by atoms with Gasteiger partial charge in [0.05, 0.1) is 5.52 Å². The van der Waals surface area contributed by atoms with E-state index in [0.717, 1.165) is 11.1 Å². The summed E-state index contributed by atoms with van der Waals surface area (Å²) in [7, 11) is 1.87. The van der Waals surface area contributed by atoms with Gasteiger partial charge in [0.25, 0.3) is 5.56 Å². The number of rotatable bonds is 0. The normalized spacial score (nSPS) is 11.6. The molecule has 15 heavy (non-hydrogen) atoms. The van der Waals surface area contributed by atoms with Crippen LogP contribution in [0.15, 0.2) is 23.4 Å². The van der Waals surface area contributed by atoms with E-state index >= 15 is 0 Å². The summed E-state index contributed by atoms with van der Waals surface area (Å²) < 4.78 is 3.35. The molecule has 5 heteroatoms. The van der Waals surface area contributed by atoms with E-state index in [0.29, 0.717) is 11.3 Å². The van der Waals surface area contributed by atoms with Crippen molar-refractivity contribution in [2.75, 3.05) is 0 Å². The lowest BCUT2D eigenvalue weighted by atomic mass is 10.3. The van der Waals surface area contributed by atoms with Gasteiger partial charge in [0.15, 0.2) is 0 Å². The van der Waals surface area contributed by atoms with Gasteiger partial charge >= 0.3 is 0 Å². The van der Waals surface area contributed by atoms with Crippen LogP contribution in [0.3, 0.4) is 0 Å². The van der Waals surface area contributed by atoms with E-state index in [9.17, 15) is 4.79 Å².